The minimum Gasteiger partial charge on any atom is -0.0616 e. The third-order valence-electron chi connectivity index (χ3n) is 7.57. The van der Waals surface area contributed by atoms with Crippen molar-refractivity contribution in [1.29, 1.82) is 0 Å². The molecule has 0 N–H and O–H groups in total. The van der Waals surface area contributed by atoms with Gasteiger partial charge in [-0.1, -0.05) is 122 Å². The molecular weight excluding hydrogens is 432 g/mol. The van der Waals surface area contributed by atoms with E-state index in [2.05, 4.69) is 134 Å². The van der Waals surface area contributed by atoms with Gasteiger partial charge >= 0.3 is 0 Å². The Bertz CT molecular complexity index is 1920. The van der Waals surface area contributed by atoms with Gasteiger partial charge in [0.2, 0.25) is 0 Å². The molecule has 0 fully saturated rings. The van der Waals surface area contributed by atoms with Crippen molar-refractivity contribution in [1.82, 2.24) is 0 Å². The lowest BCUT2D eigenvalue weighted by Crippen LogP contribution is -1.92. The van der Waals surface area contributed by atoms with E-state index in [9.17, 15) is 0 Å². The zero-order valence-electron chi connectivity index (χ0n) is 20.3. The molecule has 0 amide bonds. The van der Waals surface area contributed by atoms with Crippen molar-refractivity contribution in [2.75, 3.05) is 0 Å². The zero-order chi connectivity index (χ0) is 24.1. The van der Waals surface area contributed by atoms with Crippen LogP contribution in [0.15, 0.2) is 127 Å². The van der Waals surface area contributed by atoms with Crippen LogP contribution in [-0.2, 0) is 6.42 Å². The predicted octanol–water partition coefficient (Wildman–Crippen LogP) is 10.2. The van der Waals surface area contributed by atoms with Crippen LogP contribution in [0.1, 0.15) is 12.5 Å². The van der Waals surface area contributed by atoms with E-state index in [4.69, 9.17) is 0 Å². The SMILES string of the molecule is CCc1ccc2c(-c3ccc4ccccc4c3)c3ccccc3c(-c3ccc4ccccc4c3)c2c1. The standard InChI is InChI=1S/C36H26/c1-2-24-15-20-33-34(21-24)36(30-19-17-26-10-4-6-12-28(26)23-30)32-14-8-7-13-31(32)35(33)29-18-16-25-9-3-5-11-27(25)22-29/h3-23H,2H2,1H3. The molecule has 7 rings (SSSR count). The maximum absolute atomic E-state index is 2.41. The second-order valence-corrected chi connectivity index (χ2v) is 9.65. The van der Waals surface area contributed by atoms with Crippen LogP contribution >= 0.6 is 0 Å². The maximum Gasteiger partial charge on any atom is -0.00261 e. The summed E-state index contributed by atoms with van der Waals surface area (Å²) in [7, 11) is 0. The van der Waals surface area contributed by atoms with Crippen LogP contribution in [-0.4, -0.2) is 0 Å². The molecule has 0 aliphatic rings. The molecule has 0 atom stereocenters. The first kappa shape index (κ1) is 20.9. The molecule has 0 saturated heterocycles. The van der Waals surface area contributed by atoms with Crippen LogP contribution in [0.2, 0.25) is 0 Å². The summed E-state index contributed by atoms with van der Waals surface area (Å²) in [4.78, 5) is 0. The minimum atomic E-state index is 1.02. The Morgan fingerprint density at radius 2 is 0.861 bits per heavy atom. The van der Waals surface area contributed by atoms with Crippen LogP contribution in [0.25, 0.3) is 65.3 Å². The summed E-state index contributed by atoms with van der Waals surface area (Å²) in [6.45, 7) is 2.24. The fraction of sp³-hybridized carbons (Fsp3) is 0.0556. The number of fused-ring (bicyclic) bond motifs is 4. The van der Waals surface area contributed by atoms with Gasteiger partial charge in [-0.05, 0) is 89.5 Å². The second-order valence-electron chi connectivity index (χ2n) is 9.65. The minimum absolute atomic E-state index is 1.02. The molecule has 7 aromatic carbocycles. The molecule has 0 aliphatic carbocycles. The van der Waals surface area contributed by atoms with Crippen LogP contribution in [0.4, 0.5) is 0 Å². The third kappa shape index (κ3) is 3.30. The fourth-order valence-corrected chi connectivity index (χ4v) is 5.76. The monoisotopic (exact) mass is 458 g/mol. The second kappa shape index (κ2) is 8.36. The maximum atomic E-state index is 2.41. The molecule has 0 heteroatoms. The van der Waals surface area contributed by atoms with Crippen LogP contribution in [0.3, 0.4) is 0 Å². The van der Waals surface area contributed by atoms with E-state index >= 15 is 0 Å². The normalized spacial score (nSPS) is 11.6. The van der Waals surface area contributed by atoms with Crippen molar-refractivity contribution < 1.29 is 0 Å². The lowest BCUT2D eigenvalue weighted by Gasteiger charge is -2.19. The van der Waals surface area contributed by atoms with Crippen LogP contribution in [0.5, 0.6) is 0 Å². The Balaban J connectivity index is 1.63. The average molecular weight is 459 g/mol. The summed E-state index contributed by atoms with van der Waals surface area (Å²) in [6.07, 6.45) is 1.02. The first-order valence-electron chi connectivity index (χ1n) is 12.8. The molecule has 0 saturated carbocycles. The smallest absolute Gasteiger partial charge is 0.00261 e. The molecular formula is C36H26. The summed E-state index contributed by atoms with van der Waals surface area (Å²) in [5.74, 6) is 0. The summed E-state index contributed by atoms with van der Waals surface area (Å²) in [5.41, 5.74) is 6.55. The predicted molar refractivity (Wildman–Crippen MR) is 157 cm³/mol. The molecule has 0 radical (unpaired) electrons. The number of rotatable bonds is 3. The van der Waals surface area contributed by atoms with E-state index in [0.717, 1.165) is 6.42 Å². The van der Waals surface area contributed by atoms with E-state index in [1.165, 1.54) is 70.9 Å². The first-order valence-corrected chi connectivity index (χ1v) is 12.8. The van der Waals surface area contributed by atoms with Crippen molar-refractivity contribution >= 4 is 43.1 Å². The van der Waals surface area contributed by atoms with E-state index in [-0.39, 0.29) is 0 Å². The van der Waals surface area contributed by atoms with E-state index in [1.54, 1.807) is 0 Å². The van der Waals surface area contributed by atoms with Crippen molar-refractivity contribution in [2.45, 2.75) is 13.3 Å². The Morgan fingerprint density at radius 1 is 0.389 bits per heavy atom. The third-order valence-corrected chi connectivity index (χ3v) is 7.57. The van der Waals surface area contributed by atoms with E-state index < -0.39 is 0 Å². The Kier molecular flexibility index (Phi) is 4.85. The Morgan fingerprint density at radius 3 is 1.42 bits per heavy atom. The quantitative estimate of drug-likeness (QED) is 0.231. The van der Waals surface area contributed by atoms with E-state index in [1.807, 2.05) is 0 Å². The van der Waals surface area contributed by atoms with Crippen molar-refractivity contribution in [3.63, 3.8) is 0 Å². The van der Waals surface area contributed by atoms with Gasteiger partial charge in [0.1, 0.15) is 0 Å². The van der Waals surface area contributed by atoms with Gasteiger partial charge < -0.3 is 0 Å². The Hall–Kier alpha value is -4.42. The van der Waals surface area contributed by atoms with Crippen LogP contribution in [0, 0.1) is 0 Å². The number of hydrogen-bond donors (Lipinski definition) is 0. The topological polar surface area (TPSA) is 0 Å². The van der Waals surface area contributed by atoms with Crippen molar-refractivity contribution in [3.05, 3.63) is 133 Å². The largest absolute Gasteiger partial charge is 0.0616 e. The summed E-state index contributed by atoms with van der Waals surface area (Å²) in [5, 5.41) is 10.3. The van der Waals surface area contributed by atoms with Crippen molar-refractivity contribution in [3.8, 4) is 22.3 Å². The van der Waals surface area contributed by atoms with Gasteiger partial charge in [-0.3, -0.25) is 0 Å². The molecule has 0 bridgehead atoms. The molecule has 7 aromatic rings. The first-order chi connectivity index (χ1) is 17.8. The lowest BCUT2D eigenvalue weighted by atomic mass is 9.84. The fourth-order valence-electron chi connectivity index (χ4n) is 5.76. The molecule has 0 heterocycles. The molecule has 0 nitrogen and oxygen atoms in total. The highest BCUT2D eigenvalue weighted by molar-refractivity contribution is 6.22. The van der Waals surface area contributed by atoms with Gasteiger partial charge in [0.05, 0.1) is 0 Å². The van der Waals surface area contributed by atoms with E-state index in [0.29, 0.717) is 0 Å². The summed E-state index contributed by atoms with van der Waals surface area (Å²) >= 11 is 0. The molecule has 0 aliphatic heterocycles. The highest BCUT2D eigenvalue weighted by atomic mass is 14.2. The zero-order valence-corrected chi connectivity index (χ0v) is 20.3. The van der Waals surface area contributed by atoms with Crippen LogP contribution < -0.4 is 0 Å². The molecule has 36 heavy (non-hydrogen) atoms. The van der Waals surface area contributed by atoms with Gasteiger partial charge in [-0.2, -0.15) is 0 Å². The number of aryl methyl sites for hydroxylation is 1. The van der Waals surface area contributed by atoms with Gasteiger partial charge in [0.25, 0.3) is 0 Å². The molecule has 0 unspecified atom stereocenters. The highest BCUT2D eigenvalue weighted by Gasteiger charge is 2.17. The van der Waals surface area contributed by atoms with Gasteiger partial charge in [0, 0.05) is 0 Å². The number of hydrogen-bond acceptors (Lipinski definition) is 0. The van der Waals surface area contributed by atoms with Gasteiger partial charge in [-0.25, -0.2) is 0 Å². The highest BCUT2D eigenvalue weighted by Crippen LogP contribution is 2.44. The van der Waals surface area contributed by atoms with Crippen molar-refractivity contribution in [2.24, 2.45) is 0 Å². The molecule has 170 valence electrons. The summed E-state index contributed by atoms with van der Waals surface area (Å²) < 4.78 is 0. The average Bonchev–Trinajstić information content (AvgIpc) is 2.95. The molecule has 0 spiro atoms. The van der Waals surface area contributed by atoms with Gasteiger partial charge in [-0.15, -0.1) is 0 Å². The molecule has 0 aromatic heterocycles. The number of benzene rings is 7. The summed E-state index contributed by atoms with van der Waals surface area (Å²) in [6, 6.07) is 47.0. The van der Waals surface area contributed by atoms with Gasteiger partial charge in [0.15, 0.2) is 0 Å². The lowest BCUT2D eigenvalue weighted by molar-refractivity contribution is 1.15. The Labute approximate surface area is 211 Å².